The summed E-state index contributed by atoms with van der Waals surface area (Å²) in [6.45, 7) is 5.76. The molecule has 0 aromatic heterocycles. The second-order valence-electron chi connectivity index (χ2n) is 6.28. The van der Waals surface area contributed by atoms with E-state index in [-0.39, 0.29) is 12.5 Å². The molecule has 2 aromatic rings. The number of benzene rings is 2. The molecule has 1 amide bonds. The number of ether oxygens (including phenoxy) is 3. The molecule has 138 valence electrons. The Hall–Kier alpha value is -2.73. The number of hydrogen-bond donors (Lipinski definition) is 2. The molecular weight excluding hydrogens is 332 g/mol. The molecule has 1 heterocycles. The summed E-state index contributed by atoms with van der Waals surface area (Å²) >= 11 is 0. The monoisotopic (exact) mass is 356 g/mol. The van der Waals surface area contributed by atoms with E-state index in [4.69, 9.17) is 14.2 Å². The van der Waals surface area contributed by atoms with Crippen molar-refractivity contribution in [3.8, 4) is 17.2 Å². The minimum absolute atomic E-state index is 0.0894. The van der Waals surface area contributed by atoms with E-state index in [9.17, 15) is 4.79 Å². The van der Waals surface area contributed by atoms with Gasteiger partial charge < -0.3 is 24.8 Å². The number of fused-ring (bicyclic) bond motifs is 1. The average molecular weight is 356 g/mol. The Morgan fingerprint density at radius 2 is 1.85 bits per heavy atom. The lowest BCUT2D eigenvalue weighted by atomic mass is 10.1. The first-order valence-corrected chi connectivity index (χ1v) is 8.61. The minimum atomic E-state index is -0.0894. The molecule has 0 spiro atoms. The third-order valence-corrected chi connectivity index (χ3v) is 4.20. The van der Waals surface area contributed by atoms with E-state index in [1.807, 2.05) is 44.2 Å². The zero-order chi connectivity index (χ0) is 18.5. The Kier molecular flexibility index (Phi) is 5.63. The molecule has 1 aliphatic rings. The minimum Gasteiger partial charge on any atom is -0.496 e. The molecule has 0 aliphatic carbocycles. The van der Waals surface area contributed by atoms with Gasteiger partial charge in [-0.05, 0) is 31.5 Å². The summed E-state index contributed by atoms with van der Waals surface area (Å²) in [4.78, 5) is 12.2. The van der Waals surface area contributed by atoms with Crippen molar-refractivity contribution in [2.75, 3.05) is 32.2 Å². The van der Waals surface area contributed by atoms with Crippen LogP contribution in [0.4, 0.5) is 5.69 Å². The van der Waals surface area contributed by atoms with Crippen LogP contribution in [0.2, 0.25) is 0 Å². The number of aryl methyl sites for hydroxylation is 2. The number of amides is 1. The molecule has 2 aromatic carbocycles. The Labute approximate surface area is 153 Å². The van der Waals surface area contributed by atoms with E-state index in [0.29, 0.717) is 37.0 Å². The second kappa shape index (κ2) is 8.10. The average Bonchev–Trinajstić information content (AvgIpc) is 2.63. The normalized spacial score (nSPS) is 12.6. The summed E-state index contributed by atoms with van der Waals surface area (Å²) in [7, 11) is 1.61. The number of hydrogen-bond acceptors (Lipinski definition) is 5. The van der Waals surface area contributed by atoms with Gasteiger partial charge in [0.1, 0.15) is 19.0 Å². The summed E-state index contributed by atoms with van der Waals surface area (Å²) in [6.07, 6.45) is 0. The fourth-order valence-corrected chi connectivity index (χ4v) is 2.90. The van der Waals surface area contributed by atoms with E-state index in [2.05, 4.69) is 10.6 Å². The van der Waals surface area contributed by atoms with Crippen LogP contribution in [-0.2, 0) is 11.3 Å². The summed E-state index contributed by atoms with van der Waals surface area (Å²) in [5, 5.41) is 6.07. The fourth-order valence-electron chi connectivity index (χ4n) is 2.90. The zero-order valence-electron chi connectivity index (χ0n) is 15.3. The highest BCUT2D eigenvalue weighted by Crippen LogP contribution is 2.36. The van der Waals surface area contributed by atoms with Crippen LogP contribution in [-0.4, -0.2) is 32.8 Å². The maximum absolute atomic E-state index is 12.2. The van der Waals surface area contributed by atoms with Gasteiger partial charge in [0.2, 0.25) is 5.91 Å². The largest absolute Gasteiger partial charge is 0.496 e. The second-order valence-corrected chi connectivity index (χ2v) is 6.28. The van der Waals surface area contributed by atoms with Crippen LogP contribution >= 0.6 is 0 Å². The van der Waals surface area contributed by atoms with Crippen LogP contribution in [0.3, 0.4) is 0 Å². The van der Waals surface area contributed by atoms with Gasteiger partial charge in [-0.1, -0.05) is 17.7 Å². The molecule has 0 atom stereocenters. The first-order valence-electron chi connectivity index (χ1n) is 8.61. The van der Waals surface area contributed by atoms with Crippen molar-refractivity contribution in [2.24, 2.45) is 0 Å². The zero-order valence-corrected chi connectivity index (χ0v) is 15.3. The smallest absolute Gasteiger partial charge is 0.238 e. The molecule has 0 fully saturated rings. The summed E-state index contributed by atoms with van der Waals surface area (Å²) < 4.78 is 16.6. The van der Waals surface area contributed by atoms with E-state index < -0.39 is 0 Å². The molecule has 0 saturated carbocycles. The fraction of sp³-hybridized carbons (Fsp3) is 0.350. The number of rotatable bonds is 6. The lowest BCUT2D eigenvalue weighted by molar-refractivity contribution is -0.115. The molecule has 0 radical (unpaired) electrons. The van der Waals surface area contributed by atoms with Crippen molar-refractivity contribution in [3.05, 3.63) is 47.0 Å². The van der Waals surface area contributed by atoms with Gasteiger partial charge in [-0.3, -0.25) is 4.79 Å². The van der Waals surface area contributed by atoms with Gasteiger partial charge in [0.25, 0.3) is 0 Å². The number of anilines is 1. The molecular formula is C20H24N2O4. The molecule has 0 unspecified atom stereocenters. The topological polar surface area (TPSA) is 68.8 Å². The van der Waals surface area contributed by atoms with Gasteiger partial charge in [0.05, 0.1) is 13.7 Å². The van der Waals surface area contributed by atoms with Crippen molar-refractivity contribution in [1.29, 1.82) is 0 Å². The van der Waals surface area contributed by atoms with Crippen LogP contribution in [0.15, 0.2) is 30.3 Å². The third kappa shape index (κ3) is 4.26. The standard InChI is InChI=1S/C20H24N2O4/c1-13-4-5-16(14(2)8-13)22-20(23)12-21-11-15-9-18-19(10-17(15)24-3)26-7-6-25-18/h4-5,8-10,21H,6-7,11-12H2,1-3H3,(H,22,23). The van der Waals surface area contributed by atoms with Crippen LogP contribution in [0.25, 0.3) is 0 Å². The molecule has 0 saturated heterocycles. The Bertz CT molecular complexity index is 805. The van der Waals surface area contributed by atoms with Crippen molar-refractivity contribution in [2.45, 2.75) is 20.4 Å². The van der Waals surface area contributed by atoms with Crippen LogP contribution in [0.5, 0.6) is 17.2 Å². The van der Waals surface area contributed by atoms with E-state index in [1.54, 1.807) is 7.11 Å². The molecule has 6 heteroatoms. The lowest BCUT2D eigenvalue weighted by Gasteiger charge is -2.21. The maximum atomic E-state index is 12.2. The highest BCUT2D eigenvalue weighted by atomic mass is 16.6. The van der Waals surface area contributed by atoms with E-state index in [1.165, 1.54) is 5.56 Å². The van der Waals surface area contributed by atoms with Crippen LogP contribution in [0.1, 0.15) is 16.7 Å². The quantitative estimate of drug-likeness (QED) is 0.833. The summed E-state index contributed by atoms with van der Waals surface area (Å²) in [5.41, 5.74) is 3.96. The van der Waals surface area contributed by atoms with Gasteiger partial charge in [0, 0.05) is 23.9 Å². The Morgan fingerprint density at radius 1 is 1.12 bits per heavy atom. The molecule has 0 bridgehead atoms. The first kappa shape index (κ1) is 18.1. The molecule has 6 nitrogen and oxygen atoms in total. The highest BCUT2D eigenvalue weighted by Gasteiger charge is 2.16. The van der Waals surface area contributed by atoms with Gasteiger partial charge in [0.15, 0.2) is 11.5 Å². The molecule has 2 N–H and O–H groups in total. The van der Waals surface area contributed by atoms with E-state index >= 15 is 0 Å². The van der Waals surface area contributed by atoms with Gasteiger partial charge in [-0.15, -0.1) is 0 Å². The van der Waals surface area contributed by atoms with Gasteiger partial charge in [-0.25, -0.2) is 0 Å². The summed E-state index contributed by atoms with van der Waals surface area (Å²) in [5.74, 6) is 2.00. The van der Waals surface area contributed by atoms with Crippen molar-refractivity contribution in [3.63, 3.8) is 0 Å². The number of carbonyl (C=O) groups is 1. The van der Waals surface area contributed by atoms with Crippen LogP contribution < -0.4 is 24.8 Å². The third-order valence-electron chi connectivity index (χ3n) is 4.20. The van der Waals surface area contributed by atoms with Crippen molar-refractivity contribution >= 4 is 11.6 Å². The van der Waals surface area contributed by atoms with Crippen LogP contribution in [0, 0.1) is 13.8 Å². The Balaban J connectivity index is 1.58. The highest BCUT2D eigenvalue weighted by molar-refractivity contribution is 5.93. The molecule has 1 aliphatic heterocycles. The molecule has 3 rings (SSSR count). The predicted molar refractivity (Wildman–Crippen MR) is 100 cm³/mol. The first-order chi connectivity index (χ1) is 12.6. The predicted octanol–water partition coefficient (Wildman–Crippen LogP) is 2.81. The van der Waals surface area contributed by atoms with Crippen molar-refractivity contribution < 1.29 is 19.0 Å². The maximum Gasteiger partial charge on any atom is 0.238 e. The SMILES string of the molecule is COc1cc2c(cc1CNCC(=O)Nc1ccc(C)cc1C)OCCO2. The lowest BCUT2D eigenvalue weighted by Crippen LogP contribution is -2.28. The Morgan fingerprint density at radius 3 is 2.54 bits per heavy atom. The number of carbonyl (C=O) groups excluding carboxylic acids is 1. The summed E-state index contributed by atoms with van der Waals surface area (Å²) in [6, 6.07) is 9.66. The number of nitrogens with one attached hydrogen (secondary N) is 2. The van der Waals surface area contributed by atoms with E-state index in [0.717, 1.165) is 16.8 Å². The molecule has 26 heavy (non-hydrogen) atoms. The van der Waals surface area contributed by atoms with Gasteiger partial charge >= 0.3 is 0 Å². The van der Waals surface area contributed by atoms with Crippen molar-refractivity contribution in [1.82, 2.24) is 5.32 Å². The number of methoxy groups -OCH3 is 1. The van der Waals surface area contributed by atoms with Gasteiger partial charge in [-0.2, -0.15) is 0 Å².